The zero-order valence-electron chi connectivity index (χ0n) is 21.8. The van der Waals surface area contributed by atoms with Crippen LogP contribution in [0.5, 0.6) is 11.5 Å². The van der Waals surface area contributed by atoms with E-state index in [-0.39, 0.29) is 12.5 Å². The van der Waals surface area contributed by atoms with Crippen molar-refractivity contribution >= 4 is 11.6 Å². The predicted molar refractivity (Wildman–Crippen MR) is 142 cm³/mol. The summed E-state index contributed by atoms with van der Waals surface area (Å²) in [6.07, 6.45) is 0. The Balaban J connectivity index is 1.60. The Morgan fingerprint density at radius 3 is 2.31 bits per heavy atom. The number of carbonyl (C=O) groups excluding carboxylic acids is 1. The molecule has 0 radical (unpaired) electrons. The summed E-state index contributed by atoms with van der Waals surface area (Å²) in [5.74, 6) is 1.24. The number of carbonyl (C=O) groups is 1. The van der Waals surface area contributed by atoms with E-state index in [2.05, 4.69) is 55.6 Å². The molecule has 0 aliphatic rings. The van der Waals surface area contributed by atoms with Crippen molar-refractivity contribution in [2.24, 2.45) is 0 Å². The van der Waals surface area contributed by atoms with E-state index in [0.29, 0.717) is 32.1 Å². The van der Waals surface area contributed by atoms with Crippen LogP contribution in [0.4, 0.5) is 5.69 Å². The smallest absolute Gasteiger partial charge is 0.283 e. The Morgan fingerprint density at radius 2 is 1.64 bits per heavy atom. The molecule has 0 saturated heterocycles. The molecule has 1 N–H and O–H groups in total. The number of anilines is 1. The molecule has 3 rings (SSSR count). The third-order valence-corrected chi connectivity index (χ3v) is 5.76. The standard InChI is InChI=1S/C29H36N2O5/c1-6-34-14-15-35-27-16-21(2)29(22(3)17-27)24-9-7-8-23(18-24)19-30-25-10-12-26(13-11-25)36-20-28(32)31(4)33-5/h7-13,16-18,30H,6,14-15,19-20H2,1-5H3. The van der Waals surface area contributed by atoms with Crippen LogP contribution in [0.25, 0.3) is 11.1 Å². The summed E-state index contributed by atoms with van der Waals surface area (Å²) in [6, 6.07) is 20.3. The quantitative estimate of drug-likeness (QED) is 0.255. The average Bonchev–Trinajstić information content (AvgIpc) is 2.88. The van der Waals surface area contributed by atoms with Gasteiger partial charge in [0.05, 0.1) is 13.7 Å². The van der Waals surface area contributed by atoms with Gasteiger partial charge < -0.3 is 19.5 Å². The molecule has 0 heterocycles. The third-order valence-electron chi connectivity index (χ3n) is 5.76. The van der Waals surface area contributed by atoms with Gasteiger partial charge in [0.2, 0.25) is 0 Å². The van der Waals surface area contributed by atoms with Gasteiger partial charge in [0.25, 0.3) is 5.91 Å². The van der Waals surface area contributed by atoms with Gasteiger partial charge in [0, 0.05) is 25.9 Å². The van der Waals surface area contributed by atoms with E-state index in [1.807, 2.05) is 31.2 Å². The number of hydrogen-bond acceptors (Lipinski definition) is 6. The molecule has 0 fully saturated rings. The zero-order valence-corrected chi connectivity index (χ0v) is 21.8. The van der Waals surface area contributed by atoms with Crippen LogP contribution >= 0.6 is 0 Å². The Morgan fingerprint density at radius 1 is 0.917 bits per heavy atom. The van der Waals surface area contributed by atoms with E-state index < -0.39 is 0 Å². The first kappa shape index (κ1) is 27.0. The van der Waals surface area contributed by atoms with Gasteiger partial charge in [-0.1, -0.05) is 18.2 Å². The van der Waals surface area contributed by atoms with Gasteiger partial charge >= 0.3 is 0 Å². The number of amides is 1. The maximum atomic E-state index is 11.8. The lowest BCUT2D eigenvalue weighted by Gasteiger charge is -2.15. The number of likely N-dealkylation sites (N-methyl/N-ethyl adjacent to an activating group) is 1. The molecule has 7 nitrogen and oxygen atoms in total. The second-order valence-corrected chi connectivity index (χ2v) is 8.42. The van der Waals surface area contributed by atoms with Crippen molar-refractivity contribution in [1.29, 1.82) is 0 Å². The first-order chi connectivity index (χ1) is 17.4. The van der Waals surface area contributed by atoms with Crippen molar-refractivity contribution < 1.29 is 23.8 Å². The molecule has 36 heavy (non-hydrogen) atoms. The molecule has 0 aliphatic carbocycles. The average molecular weight is 493 g/mol. The van der Waals surface area contributed by atoms with Crippen LogP contribution in [-0.4, -0.2) is 51.6 Å². The summed E-state index contributed by atoms with van der Waals surface area (Å²) < 4.78 is 16.7. The molecule has 0 spiro atoms. The first-order valence-corrected chi connectivity index (χ1v) is 12.1. The summed E-state index contributed by atoms with van der Waals surface area (Å²) in [5, 5.41) is 4.59. The summed E-state index contributed by atoms with van der Waals surface area (Å²) in [5.41, 5.74) is 6.91. The normalized spacial score (nSPS) is 10.7. The molecule has 3 aromatic carbocycles. The zero-order chi connectivity index (χ0) is 25.9. The van der Waals surface area contributed by atoms with E-state index in [1.54, 1.807) is 7.05 Å². The summed E-state index contributed by atoms with van der Waals surface area (Å²) in [6.45, 7) is 8.65. The number of nitrogens with zero attached hydrogens (tertiary/aromatic N) is 1. The number of nitrogens with one attached hydrogen (secondary N) is 1. The third kappa shape index (κ3) is 7.73. The first-order valence-electron chi connectivity index (χ1n) is 12.1. The van der Waals surface area contributed by atoms with Crippen molar-refractivity contribution in [3.8, 4) is 22.6 Å². The topological polar surface area (TPSA) is 69.3 Å². The van der Waals surface area contributed by atoms with Gasteiger partial charge in [-0.15, -0.1) is 0 Å². The van der Waals surface area contributed by atoms with Crippen LogP contribution in [0.15, 0.2) is 60.7 Å². The number of hydrogen-bond donors (Lipinski definition) is 1. The number of aryl methyl sites for hydroxylation is 2. The van der Waals surface area contributed by atoms with Crippen molar-refractivity contribution in [1.82, 2.24) is 5.06 Å². The fourth-order valence-electron chi connectivity index (χ4n) is 3.87. The maximum absolute atomic E-state index is 11.8. The van der Waals surface area contributed by atoms with Crippen molar-refractivity contribution in [3.63, 3.8) is 0 Å². The highest BCUT2D eigenvalue weighted by atomic mass is 16.7. The van der Waals surface area contributed by atoms with Gasteiger partial charge in [-0.25, -0.2) is 5.06 Å². The van der Waals surface area contributed by atoms with Gasteiger partial charge in [-0.3, -0.25) is 9.63 Å². The van der Waals surface area contributed by atoms with E-state index in [4.69, 9.17) is 19.0 Å². The summed E-state index contributed by atoms with van der Waals surface area (Å²) >= 11 is 0. The lowest BCUT2D eigenvalue weighted by molar-refractivity contribution is -0.170. The monoisotopic (exact) mass is 492 g/mol. The minimum atomic E-state index is -0.256. The number of rotatable bonds is 13. The lowest BCUT2D eigenvalue weighted by atomic mass is 9.94. The van der Waals surface area contributed by atoms with Crippen LogP contribution in [0, 0.1) is 13.8 Å². The van der Waals surface area contributed by atoms with Crippen molar-refractivity contribution in [2.45, 2.75) is 27.3 Å². The van der Waals surface area contributed by atoms with Gasteiger partial charge in [-0.2, -0.15) is 0 Å². The van der Waals surface area contributed by atoms with Gasteiger partial charge in [0.1, 0.15) is 18.1 Å². The summed E-state index contributed by atoms with van der Waals surface area (Å²) in [7, 11) is 2.98. The number of hydroxylamine groups is 2. The highest BCUT2D eigenvalue weighted by Gasteiger charge is 2.10. The molecule has 0 saturated carbocycles. The second kappa shape index (κ2) is 13.5. The van der Waals surface area contributed by atoms with E-state index in [1.165, 1.54) is 34.9 Å². The van der Waals surface area contributed by atoms with E-state index in [0.717, 1.165) is 16.5 Å². The van der Waals surface area contributed by atoms with Crippen LogP contribution in [-0.2, 0) is 20.9 Å². The molecule has 0 aromatic heterocycles. The Hall–Kier alpha value is -3.55. The second-order valence-electron chi connectivity index (χ2n) is 8.42. The van der Waals surface area contributed by atoms with Crippen LogP contribution in [0.1, 0.15) is 23.6 Å². The van der Waals surface area contributed by atoms with Gasteiger partial charge in [-0.05, 0) is 91.1 Å². The SMILES string of the molecule is CCOCCOc1cc(C)c(-c2cccc(CNc3ccc(OCC(=O)N(C)OC)cc3)c2)c(C)c1. The molecule has 1 amide bonds. The van der Waals surface area contributed by atoms with Crippen LogP contribution in [0.2, 0.25) is 0 Å². The number of ether oxygens (including phenoxy) is 3. The van der Waals surface area contributed by atoms with E-state index >= 15 is 0 Å². The Bertz CT molecular complexity index is 1110. The molecular formula is C29H36N2O5. The molecule has 0 bridgehead atoms. The fraction of sp³-hybridized carbons (Fsp3) is 0.345. The van der Waals surface area contributed by atoms with Gasteiger partial charge in [0.15, 0.2) is 6.61 Å². The minimum absolute atomic E-state index is 0.0802. The molecule has 192 valence electrons. The molecular weight excluding hydrogens is 456 g/mol. The molecule has 3 aromatic rings. The minimum Gasteiger partial charge on any atom is -0.491 e. The highest BCUT2D eigenvalue weighted by molar-refractivity contribution is 5.76. The molecule has 7 heteroatoms. The predicted octanol–water partition coefficient (Wildman–Crippen LogP) is 5.40. The van der Waals surface area contributed by atoms with Crippen LogP contribution in [0.3, 0.4) is 0 Å². The highest BCUT2D eigenvalue weighted by Crippen LogP contribution is 2.31. The van der Waals surface area contributed by atoms with E-state index in [9.17, 15) is 4.79 Å². The van der Waals surface area contributed by atoms with Crippen LogP contribution < -0.4 is 14.8 Å². The fourth-order valence-corrected chi connectivity index (χ4v) is 3.87. The van der Waals surface area contributed by atoms with Crippen molar-refractivity contribution in [3.05, 3.63) is 77.4 Å². The Kier molecular flexibility index (Phi) is 10.2. The molecule has 0 atom stereocenters. The number of benzene rings is 3. The summed E-state index contributed by atoms with van der Waals surface area (Å²) in [4.78, 5) is 16.6. The lowest BCUT2D eigenvalue weighted by Crippen LogP contribution is -2.30. The largest absolute Gasteiger partial charge is 0.491 e. The Labute approximate surface area is 213 Å². The maximum Gasteiger partial charge on any atom is 0.283 e. The van der Waals surface area contributed by atoms with Crippen molar-refractivity contribution in [2.75, 3.05) is 45.9 Å². The molecule has 0 unspecified atom stereocenters. The molecule has 0 aliphatic heterocycles.